The maximum atomic E-state index is 15.6. The first-order valence-corrected chi connectivity index (χ1v) is 12.8. The van der Waals surface area contributed by atoms with Crippen molar-refractivity contribution in [2.75, 3.05) is 6.01 Å². The SMILES string of the molecule is CC(C)(O)C(=O)N1C2CC(C2)C(NS(=O)(=O)CF)C1Cc1cccc(-c2cc(F)cc(F)c2)c1F. The molecule has 2 N–H and O–H groups in total. The number of alkyl halides is 1. The summed E-state index contributed by atoms with van der Waals surface area (Å²) >= 11 is 0. The van der Waals surface area contributed by atoms with E-state index in [9.17, 15) is 31.5 Å². The zero-order chi connectivity index (χ0) is 25.7. The maximum Gasteiger partial charge on any atom is 0.254 e. The Morgan fingerprint density at radius 3 is 2.34 bits per heavy atom. The Kier molecular flexibility index (Phi) is 6.71. The Hall–Kier alpha value is -2.50. The lowest BCUT2D eigenvalue weighted by Crippen LogP contribution is -2.72. The second-order valence-electron chi connectivity index (χ2n) is 9.73. The van der Waals surface area contributed by atoms with Crippen LogP contribution in [0.2, 0.25) is 0 Å². The van der Waals surface area contributed by atoms with Crippen LogP contribution in [0.3, 0.4) is 0 Å². The van der Waals surface area contributed by atoms with Gasteiger partial charge in [-0.25, -0.2) is 30.7 Å². The fourth-order valence-electron chi connectivity index (χ4n) is 5.07. The van der Waals surface area contributed by atoms with Crippen LogP contribution in [0.15, 0.2) is 36.4 Å². The Morgan fingerprint density at radius 1 is 1.14 bits per heavy atom. The quantitative estimate of drug-likeness (QED) is 0.556. The van der Waals surface area contributed by atoms with Gasteiger partial charge in [-0.15, -0.1) is 0 Å². The second kappa shape index (κ2) is 9.18. The van der Waals surface area contributed by atoms with E-state index < -0.39 is 57.1 Å². The number of aliphatic hydroxyl groups is 1. The highest BCUT2D eigenvalue weighted by molar-refractivity contribution is 7.89. The molecule has 3 aliphatic rings. The van der Waals surface area contributed by atoms with Crippen molar-refractivity contribution in [2.24, 2.45) is 5.92 Å². The second-order valence-corrected chi connectivity index (χ2v) is 11.4. The molecule has 190 valence electrons. The van der Waals surface area contributed by atoms with Crippen molar-refractivity contribution >= 4 is 15.9 Å². The molecule has 0 spiro atoms. The van der Waals surface area contributed by atoms with Gasteiger partial charge in [-0.05, 0) is 62.3 Å². The Morgan fingerprint density at radius 2 is 1.77 bits per heavy atom. The number of fused-ring (bicyclic) bond motifs is 2. The van der Waals surface area contributed by atoms with Crippen LogP contribution in [-0.4, -0.2) is 54.1 Å². The molecule has 2 aromatic rings. The van der Waals surface area contributed by atoms with Crippen LogP contribution in [0.1, 0.15) is 32.3 Å². The third kappa shape index (κ3) is 5.07. The molecule has 2 aromatic carbocycles. The van der Waals surface area contributed by atoms with Crippen molar-refractivity contribution < 1.29 is 35.9 Å². The van der Waals surface area contributed by atoms with Crippen LogP contribution in [0.25, 0.3) is 11.1 Å². The molecule has 1 amide bonds. The number of carbonyl (C=O) groups is 1. The number of sulfonamides is 1. The molecule has 3 fully saturated rings. The number of carbonyl (C=O) groups excluding carboxylic acids is 1. The molecule has 1 aliphatic carbocycles. The average molecular weight is 515 g/mol. The molecule has 2 atom stereocenters. The number of halogens is 4. The summed E-state index contributed by atoms with van der Waals surface area (Å²) < 4.78 is 82.7. The number of benzene rings is 2. The lowest BCUT2D eigenvalue weighted by molar-refractivity contribution is -0.166. The molecule has 6 nitrogen and oxygen atoms in total. The van der Waals surface area contributed by atoms with Crippen molar-refractivity contribution in [3.63, 3.8) is 0 Å². The molecule has 5 rings (SSSR count). The van der Waals surface area contributed by atoms with E-state index in [1.54, 1.807) is 0 Å². The topological polar surface area (TPSA) is 86.7 Å². The Labute approximate surface area is 201 Å². The fourth-order valence-corrected chi connectivity index (χ4v) is 5.90. The summed E-state index contributed by atoms with van der Waals surface area (Å²) in [5, 5.41) is 10.4. The van der Waals surface area contributed by atoms with E-state index in [4.69, 9.17) is 0 Å². The predicted molar refractivity (Wildman–Crippen MR) is 121 cm³/mol. The molecule has 11 heteroatoms. The van der Waals surface area contributed by atoms with Crippen LogP contribution in [0.5, 0.6) is 0 Å². The van der Waals surface area contributed by atoms with Crippen LogP contribution >= 0.6 is 0 Å². The number of nitrogens with zero attached hydrogens (tertiary/aromatic N) is 1. The van der Waals surface area contributed by atoms with Gasteiger partial charge in [0.15, 0.2) is 0 Å². The Bertz CT molecular complexity index is 1220. The number of rotatable bonds is 7. The third-order valence-corrected chi connectivity index (χ3v) is 7.64. The maximum absolute atomic E-state index is 15.6. The van der Waals surface area contributed by atoms with Crippen molar-refractivity contribution in [1.29, 1.82) is 0 Å². The summed E-state index contributed by atoms with van der Waals surface area (Å²) in [5.74, 6) is -3.38. The predicted octanol–water partition coefficient (Wildman–Crippen LogP) is 3.29. The van der Waals surface area contributed by atoms with Gasteiger partial charge in [0.25, 0.3) is 5.91 Å². The fraction of sp³-hybridized carbons (Fsp3) is 0.458. The van der Waals surface area contributed by atoms with Crippen molar-refractivity contribution in [3.8, 4) is 11.1 Å². The van der Waals surface area contributed by atoms with Gasteiger partial charge in [-0.1, -0.05) is 18.2 Å². The molecule has 2 unspecified atom stereocenters. The van der Waals surface area contributed by atoms with Gasteiger partial charge in [0.1, 0.15) is 23.1 Å². The molecule has 0 radical (unpaired) electrons. The summed E-state index contributed by atoms with van der Waals surface area (Å²) in [6.45, 7) is 2.61. The third-order valence-electron chi connectivity index (χ3n) is 6.72. The van der Waals surface area contributed by atoms with Crippen molar-refractivity contribution in [2.45, 2.75) is 56.8 Å². The molecular formula is C24H26F4N2O4S. The molecular weight excluding hydrogens is 488 g/mol. The van der Waals surface area contributed by atoms with Gasteiger partial charge < -0.3 is 10.0 Å². The minimum atomic E-state index is -4.30. The van der Waals surface area contributed by atoms with E-state index in [2.05, 4.69) is 4.72 Å². The summed E-state index contributed by atoms with van der Waals surface area (Å²) in [7, 11) is -4.30. The van der Waals surface area contributed by atoms with E-state index >= 15 is 4.39 Å². The van der Waals surface area contributed by atoms with Gasteiger partial charge >= 0.3 is 0 Å². The number of hydrogen-bond donors (Lipinski definition) is 2. The van der Waals surface area contributed by atoms with E-state index in [0.29, 0.717) is 18.9 Å². The smallest absolute Gasteiger partial charge is 0.254 e. The van der Waals surface area contributed by atoms with Crippen LogP contribution in [-0.2, 0) is 21.2 Å². The molecule has 2 saturated heterocycles. The molecule has 2 aliphatic heterocycles. The molecule has 2 heterocycles. The molecule has 1 saturated carbocycles. The summed E-state index contributed by atoms with van der Waals surface area (Å²) in [6, 6.07) is 3.18. The number of hydrogen-bond acceptors (Lipinski definition) is 4. The van der Waals surface area contributed by atoms with E-state index in [0.717, 1.165) is 12.1 Å². The van der Waals surface area contributed by atoms with Gasteiger partial charge in [0.2, 0.25) is 16.0 Å². The lowest BCUT2D eigenvalue weighted by atomic mass is 9.66. The van der Waals surface area contributed by atoms with E-state index in [1.165, 1.54) is 36.9 Å². The zero-order valence-corrected chi connectivity index (χ0v) is 20.0. The van der Waals surface area contributed by atoms with Gasteiger partial charge in [0.05, 0.1) is 6.04 Å². The average Bonchev–Trinajstić information content (AvgIpc) is 2.73. The highest BCUT2D eigenvalue weighted by Gasteiger charge is 2.55. The first-order valence-electron chi connectivity index (χ1n) is 11.2. The van der Waals surface area contributed by atoms with E-state index in [-0.39, 0.29) is 35.1 Å². The largest absolute Gasteiger partial charge is 0.381 e. The summed E-state index contributed by atoms with van der Waals surface area (Å²) in [6.07, 6.45) is 0.761. The highest BCUT2D eigenvalue weighted by Crippen LogP contribution is 2.45. The zero-order valence-electron chi connectivity index (χ0n) is 19.1. The van der Waals surface area contributed by atoms with Crippen LogP contribution < -0.4 is 4.72 Å². The molecule has 0 aromatic heterocycles. The lowest BCUT2D eigenvalue weighted by Gasteiger charge is -2.58. The van der Waals surface area contributed by atoms with Crippen molar-refractivity contribution in [3.05, 3.63) is 59.4 Å². The van der Waals surface area contributed by atoms with E-state index in [1.807, 2.05) is 0 Å². The molecule has 35 heavy (non-hydrogen) atoms. The number of nitrogens with one attached hydrogen (secondary N) is 1. The minimum Gasteiger partial charge on any atom is -0.381 e. The Balaban J connectivity index is 1.75. The first-order chi connectivity index (χ1) is 16.3. The molecule has 2 bridgehead atoms. The monoisotopic (exact) mass is 514 g/mol. The van der Waals surface area contributed by atoms with Crippen molar-refractivity contribution in [1.82, 2.24) is 9.62 Å². The van der Waals surface area contributed by atoms with Crippen LogP contribution in [0, 0.1) is 23.4 Å². The number of amides is 1. The standard InChI is InChI=1S/C24H26F4N2O4S/c1-24(2,32)23(31)30-18-8-15(9-18)22(29-35(33,34)12-25)20(30)10-13-4-3-5-19(21(13)28)14-6-16(26)11-17(27)7-14/h3-7,11,15,18,20,22,29,32H,8-10,12H2,1-2H3. The van der Waals surface area contributed by atoms with Gasteiger partial charge in [-0.3, -0.25) is 4.79 Å². The number of piperidine rings is 2. The first kappa shape index (κ1) is 25.6. The minimum absolute atomic E-state index is 0.0209. The summed E-state index contributed by atoms with van der Waals surface area (Å²) in [4.78, 5) is 14.5. The van der Waals surface area contributed by atoms with Crippen LogP contribution in [0.4, 0.5) is 17.6 Å². The normalized spacial score (nSPS) is 24.3. The highest BCUT2D eigenvalue weighted by atomic mass is 32.2. The summed E-state index contributed by atoms with van der Waals surface area (Å²) in [5.41, 5.74) is -1.78. The van der Waals surface area contributed by atoms with Gasteiger partial charge in [0, 0.05) is 23.7 Å². The van der Waals surface area contributed by atoms with Gasteiger partial charge in [-0.2, -0.15) is 0 Å².